The van der Waals surface area contributed by atoms with Crippen molar-refractivity contribution in [1.29, 1.82) is 0 Å². The van der Waals surface area contributed by atoms with Crippen LogP contribution in [0.2, 0.25) is 0 Å². The summed E-state index contributed by atoms with van der Waals surface area (Å²) >= 11 is 0. The minimum Gasteiger partial charge on any atom is -0.350 e. The summed E-state index contributed by atoms with van der Waals surface area (Å²) in [5, 5.41) is 4.96. The highest BCUT2D eigenvalue weighted by Crippen LogP contribution is 2.21. The van der Waals surface area contributed by atoms with Crippen LogP contribution in [-0.4, -0.2) is 4.57 Å². The van der Waals surface area contributed by atoms with Crippen molar-refractivity contribution in [3.63, 3.8) is 0 Å². The predicted molar refractivity (Wildman–Crippen MR) is 89.4 cm³/mol. The molecule has 0 aliphatic carbocycles. The molecule has 1 heterocycles. The molecule has 108 valence electrons. The molecule has 0 spiro atoms. The van der Waals surface area contributed by atoms with E-state index < -0.39 is 0 Å². The van der Waals surface area contributed by atoms with Gasteiger partial charge in [0.05, 0.1) is 0 Å². The van der Waals surface area contributed by atoms with Crippen molar-refractivity contribution in [2.45, 2.75) is 26.4 Å². The zero-order chi connectivity index (χ0) is 14.8. The molecule has 0 bridgehead atoms. The molecule has 1 atom stereocenters. The first kappa shape index (κ1) is 13.9. The minimum absolute atomic E-state index is 0.351. The molecule has 0 aliphatic heterocycles. The molecule has 0 radical (unpaired) electrons. The molecule has 2 aromatic carbocycles. The summed E-state index contributed by atoms with van der Waals surface area (Å²) in [5.41, 5.74) is 5.28. The van der Waals surface area contributed by atoms with Crippen LogP contribution in [0.4, 0.5) is 0 Å². The van der Waals surface area contributed by atoms with E-state index in [1.807, 2.05) is 0 Å². The van der Waals surface area contributed by atoms with Crippen molar-refractivity contribution in [3.8, 4) is 0 Å². The average Bonchev–Trinajstić information content (AvgIpc) is 2.83. The summed E-state index contributed by atoms with van der Waals surface area (Å²) < 4.78 is 2.20. The zero-order valence-corrected chi connectivity index (χ0v) is 12.9. The molecule has 0 unspecified atom stereocenters. The second kappa shape index (κ2) is 5.74. The molecule has 0 saturated carbocycles. The van der Waals surface area contributed by atoms with Gasteiger partial charge in [-0.15, -0.1) is 0 Å². The third-order valence-corrected chi connectivity index (χ3v) is 4.16. The summed E-state index contributed by atoms with van der Waals surface area (Å²) in [7, 11) is 2.11. The molecule has 3 rings (SSSR count). The van der Waals surface area contributed by atoms with Gasteiger partial charge in [0.1, 0.15) is 0 Å². The highest BCUT2D eigenvalue weighted by molar-refractivity contribution is 5.83. The average molecular weight is 278 g/mol. The molecule has 0 amide bonds. The Bertz CT molecular complexity index is 738. The third kappa shape index (κ3) is 2.86. The van der Waals surface area contributed by atoms with Crippen molar-refractivity contribution in [1.82, 2.24) is 9.88 Å². The van der Waals surface area contributed by atoms with E-state index in [4.69, 9.17) is 0 Å². The summed E-state index contributed by atoms with van der Waals surface area (Å²) in [6.07, 6.45) is 2.22. The van der Waals surface area contributed by atoms with Crippen molar-refractivity contribution in [2.75, 3.05) is 0 Å². The maximum atomic E-state index is 3.63. The number of hydrogen-bond acceptors (Lipinski definition) is 1. The normalized spacial score (nSPS) is 12.7. The van der Waals surface area contributed by atoms with Gasteiger partial charge in [0.15, 0.2) is 0 Å². The Kier molecular flexibility index (Phi) is 3.80. The fraction of sp³-hybridized carbons (Fsp3) is 0.263. The number of fused-ring (bicyclic) bond motifs is 1. The third-order valence-electron chi connectivity index (χ3n) is 4.16. The van der Waals surface area contributed by atoms with Crippen LogP contribution in [0.25, 0.3) is 10.9 Å². The fourth-order valence-electron chi connectivity index (χ4n) is 2.80. The maximum Gasteiger partial charge on any atom is 0.0481 e. The molecule has 3 aromatic rings. The molecular weight excluding hydrogens is 256 g/mol. The molecule has 21 heavy (non-hydrogen) atoms. The number of nitrogens with zero attached hydrogens (tertiary/aromatic N) is 1. The van der Waals surface area contributed by atoms with Gasteiger partial charge in [-0.05, 0) is 31.0 Å². The number of aromatic nitrogens is 1. The summed E-state index contributed by atoms with van der Waals surface area (Å²) in [6, 6.07) is 17.7. The van der Waals surface area contributed by atoms with Gasteiger partial charge in [0.25, 0.3) is 0 Å². The van der Waals surface area contributed by atoms with Crippen LogP contribution >= 0.6 is 0 Å². The van der Waals surface area contributed by atoms with Gasteiger partial charge < -0.3 is 9.88 Å². The smallest absolute Gasteiger partial charge is 0.0481 e. The first-order chi connectivity index (χ1) is 10.1. The Labute approximate surface area is 126 Å². The lowest BCUT2D eigenvalue weighted by Gasteiger charge is -2.14. The van der Waals surface area contributed by atoms with Crippen LogP contribution in [0.5, 0.6) is 0 Å². The lowest BCUT2D eigenvalue weighted by molar-refractivity contribution is 0.575. The minimum atomic E-state index is 0.351. The van der Waals surface area contributed by atoms with E-state index in [0.717, 1.165) is 6.54 Å². The molecule has 0 saturated heterocycles. The highest BCUT2D eigenvalue weighted by atomic mass is 14.9. The molecule has 2 heteroatoms. The summed E-state index contributed by atoms with van der Waals surface area (Å²) in [5.74, 6) is 0. The highest BCUT2D eigenvalue weighted by Gasteiger charge is 2.08. The molecule has 2 nitrogen and oxygen atoms in total. The van der Waals surface area contributed by atoms with Gasteiger partial charge in [-0.2, -0.15) is 0 Å². The Morgan fingerprint density at radius 3 is 2.52 bits per heavy atom. The van der Waals surface area contributed by atoms with Crippen LogP contribution < -0.4 is 5.32 Å². The van der Waals surface area contributed by atoms with E-state index in [2.05, 4.69) is 85.5 Å². The Morgan fingerprint density at radius 1 is 1.05 bits per heavy atom. The van der Waals surface area contributed by atoms with Crippen LogP contribution in [0.15, 0.2) is 54.7 Å². The van der Waals surface area contributed by atoms with Crippen LogP contribution in [0.1, 0.15) is 29.7 Å². The summed E-state index contributed by atoms with van der Waals surface area (Å²) in [4.78, 5) is 0. The van der Waals surface area contributed by atoms with Crippen molar-refractivity contribution >= 4 is 10.9 Å². The van der Waals surface area contributed by atoms with Crippen molar-refractivity contribution in [2.24, 2.45) is 7.05 Å². The van der Waals surface area contributed by atoms with Crippen LogP contribution in [-0.2, 0) is 13.6 Å². The second-order valence-electron chi connectivity index (χ2n) is 5.80. The van der Waals surface area contributed by atoms with E-state index >= 15 is 0 Å². The molecular formula is C19H22N2. The summed E-state index contributed by atoms with van der Waals surface area (Å²) in [6.45, 7) is 5.23. The van der Waals surface area contributed by atoms with E-state index in [0.29, 0.717) is 6.04 Å². The Hall–Kier alpha value is -2.06. The van der Waals surface area contributed by atoms with Crippen molar-refractivity contribution < 1.29 is 0 Å². The lowest BCUT2D eigenvalue weighted by Crippen LogP contribution is -2.17. The molecule has 0 fully saturated rings. The van der Waals surface area contributed by atoms with Gasteiger partial charge in [0.2, 0.25) is 0 Å². The number of benzene rings is 2. The quantitative estimate of drug-likeness (QED) is 0.751. The standard InChI is InChI=1S/C19H22N2/c1-14-8-10-16(11-9-14)15(2)20-12-17-13-21(3)19-7-5-4-6-18(17)19/h4-11,13,15,20H,12H2,1-3H3/t15-/m0/s1. The van der Waals surface area contributed by atoms with Crippen LogP contribution in [0.3, 0.4) is 0 Å². The fourth-order valence-corrected chi connectivity index (χ4v) is 2.80. The Morgan fingerprint density at radius 2 is 1.76 bits per heavy atom. The second-order valence-corrected chi connectivity index (χ2v) is 5.80. The lowest BCUT2D eigenvalue weighted by atomic mass is 10.1. The zero-order valence-electron chi connectivity index (χ0n) is 12.9. The molecule has 1 N–H and O–H groups in total. The number of rotatable bonds is 4. The number of aryl methyl sites for hydroxylation is 2. The molecule has 0 aliphatic rings. The van der Waals surface area contributed by atoms with E-state index in [9.17, 15) is 0 Å². The number of para-hydroxylation sites is 1. The first-order valence-corrected chi connectivity index (χ1v) is 7.48. The van der Waals surface area contributed by atoms with Gasteiger partial charge >= 0.3 is 0 Å². The van der Waals surface area contributed by atoms with E-state index in [-0.39, 0.29) is 0 Å². The first-order valence-electron chi connectivity index (χ1n) is 7.48. The van der Waals surface area contributed by atoms with E-state index in [1.165, 1.54) is 27.6 Å². The maximum absolute atomic E-state index is 3.63. The molecule has 1 aromatic heterocycles. The Balaban J connectivity index is 1.76. The predicted octanol–water partition coefficient (Wildman–Crippen LogP) is 4.34. The SMILES string of the molecule is Cc1ccc([C@H](C)NCc2cn(C)c3ccccc23)cc1. The largest absolute Gasteiger partial charge is 0.350 e. The van der Waals surface area contributed by atoms with Gasteiger partial charge in [-0.1, -0.05) is 48.0 Å². The number of hydrogen-bond donors (Lipinski definition) is 1. The topological polar surface area (TPSA) is 17.0 Å². The monoisotopic (exact) mass is 278 g/mol. The van der Waals surface area contributed by atoms with Gasteiger partial charge in [0, 0.05) is 36.7 Å². The van der Waals surface area contributed by atoms with Gasteiger partial charge in [-0.25, -0.2) is 0 Å². The van der Waals surface area contributed by atoms with Crippen molar-refractivity contribution in [3.05, 3.63) is 71.4 Å². The van der Waals surface area contributed by atoms with Crippen LogP contribution in [0, 0.1) is 6.92 Å². The van der Waals surface area contributed by atoms with Gasteiger partial charge in [-0.3, -0.25) is 0 Å². The van der Waals surface area contributed by atoms with E-state index in [1.54, 1.807) is 0 Å². The number of nitrogens with one attached hydrogen (secondary N) is 1.